The quantitative estimate of drug-likeness (QED) is 0.735. The Hall–Kier alpha value is -2.47. The number of aromatic nitrogens is 4. The van der Waals surface area contributed by atoms with Gasteiger partial charge in [-0.15, -0.1) is 0 Å². The van der Waals surface area contributed by atoms with Gasteiger partial charge < -0.3 is 0 Å². The van der Waals surface area contributed by atoms with E-state index in [1.54, 1.807) is 30.1 Å². The highest BCUT2D eigenvalue weighted by Crippen LogP contribution is 2.37. The average Bonchev–Trinajstić information content (AvgIpc) is 3.17. The normalized spacial score (nSPS) is 12.1. The molecule has 0 fully saturated rings. The molecule has 3 aromatic rings. The fourth-order valence-corrected chi connectivity index (χ4v) is 2.92. The van der Waals surface area contributed by atoms with Crippen molar-refractivity contribution in [2.24, 2.45) is 4.99 Å². The van der Waals surface area contributed by atoms with E-state index in [0.717, 1.165) is 5.56 Å². The standard InChI is InChI=1S/C16H15ClFN5/c1-4-12(19-3)13-10-6-20-22-16(10)11(15(18)14(13)17)8-23-7-9(2)5-21-23/h4-7H,3,8H2,1-2H3,(H,20,22)/b12-4-. The third-order valence-corrected chi connectivity index (χ3v) is 4.02. The Labute approximate surface area is 137 Å². The number of nitrogens with one attached hydrogen (secondary N) is 1. The van der Waals surface area contributed by atoms with Gasteiger partial charge in [0.25, 0.3) is 0 Å². The fraction of sp³-hybridized carbons (Fsp3) is 0.188. The van der Waals surface area contributed by atoms with Crippen molar-refractivity contribution >= 4 is 34.9 Å². The molecule has 0 radical (unpaired) electrons. The van der Waals surface area contributed by atoms with Crippen LogP contribution < -0.4 is 0 Å². The summed E-state index contributed by atoms with van der Waals surface area (Å²) in [6.45, 7) is 7.50. The molecule has 0 spiro atoms. The Balaban J connectivity index is 2.25. The van der Waals surface area contributed by atoms with Crippen molar-refractivity contribution in [1.82, 2.24) is 20.0 Å². The molecular formula is C16H15ClFN5. The number of halogens is 2. The smallest absolute Gasteiger partial charge is 0.149 e. The van der Waals surface area contributed by atoms with Crippen molar-refractivity contribution in [2.45, 2.75) is 20.4 Å². The Kier molecular flexibility index (Phi) is 4.00. The average molecular weight is 332 g/mol. The largest absolute Gasteiger partial charge is 0.277 e. The van der Waals surface area contributed by atoms with Gasteiger partial charge in [-0.25, -0.2) is 4.39 Å². The first kappa shape index (κ1) is 15.4. The van der Waals surface area contributed by atoms with E-state index >= 15 is 0 Å². The molecule has 118 valence electrons. The SMILES string of the molecule is C=N/C(=C\C)c1c(Cl)c(F)c(Cn2cc(C)cn2)c2[nH]ncc12. The molecule has 0 saturated carbocycles. The number of hydrogen-bond acceptors (Lipinski definition) is 3. The van der Waals surface area contributed by atoms with Crippen LogP contribution in [0, 0.1) is 12.7 Å². The lowest BCUT2D eigenvalue weighted by atomic mass is 10.0. The van der Waals surface area contributed by atoms with E-state index in [1.807, 2.05) is 13.1 Å². The number of hydrogen-bond donors (Lipinski definition) is 1. The van der Waals surface area contributed by atoms with Gasteiger partial charge in [-0.2, -0.15) is 10.2 Å². The van der Waals surface area contributed by atoms with Gasteiger partial charge in [0.2, 0.25) is 0 Å². The monoisotopic (exact) mass is 331 g/mol. The lowest BCUT2D eigenvalue weighted by Crippen LogP contribution is -2.05. The zero-order valence-electron chi connectivity index (χ0n) is 12.8. The van der Waals surface area contributed by atoms with Crippen LogP contribution in [0.2, 0.25) is 5.02 Å². The molecule has 0 bridgehead atoms. The molecule has 5 nitrogen and oxygen atoms in total. The maximum atomic E-state index is 14.9. The summed E-state index contributed by atoms with van der Waals surface area (Å²) in [4.78, 5) is 3.93. The van der Waals surface area contributed by atoms with Gasteiger partial charge in [0.1, 0.15) is 5.82 Å². The van der Waals surface area contributed by atoms with Crippen LogP contribution in [0.25, 0.3) is 16.6 Å². The van der Waals surface area contributed by atoms with Crippen LogP contribution in [0.3, 0.4) is 0 Å². The number of H-pyrrole nitrogens is 1. The second kappa shape index (κ2) is 5.96. The maximum Gasteiger partial charge on any atom is 0.149 e. The molecule has 7 heteroatoms. The Morgan fingerprint density at radius 3 is 2.91 bits per heavy atom. The molecule has 0 unspecified atom stereocenters. The van der Waals surface area contributed by atoms with Gasteiger partial charge in [-0.3, -0.25) is 14.8 Å². The summed E-state index contributed by atoms with van der Waals surface area (Å²) in [5, 5.41) is 11.8. The lowest BCUT2D eigenvalue weighted by molar-refractivity contribution is 0.588. The molecule has 0 aliphatic carbocycles. The molecule has 3 rings (SSSR count). The predicted octanol–water partition coefficient (Wildman–Crippen LogP) is 3.97. The molecule has 1 N–H and O–H groups in total. The van der Waals surface area contributed by atoms with Crippen LogP contribution >= 0.6 is 11.6 Å². The minimum absolute atomic E-state index is 0.0123. The number of aliphatic imine (C=N–C) groups is 1. The number of benzene rings is 1. The third kappa shape index (κ3) is 2.55. The second-order valence-electron chi connectivity index (χ2n) is 5.19. The summed E-state index contributed by atoms with van der Waals surface area (Å²) in [5.74, 6) is -0.505. The van der Waals surface area contributed by atoms with E-state index in [9.17, 15) is 4.39 Å². The third-order valence-electron chi connectivity index (χ3n) is 3.67. The van der Waals surface area contributed by atoms with Gasteiger partial charge >= 0.3 is 0 Å². The minimum Gasteiger partial charge on any atom is -0.277 e. The molecule has 23 heavy (non-hydrogen) atoms. The van der Waals surface area contributed by atoms with Crippen molar-refractivity contribution < 1.29 is 4.39 Å². The lowest BCUT2D eigenvalue weighted by Gasteiger charge is -2.12. The molecule has 0 aliphatic rings. The second-order valence-corrected chi connectivity index (χ2v) is 5.57. The molecular weight excluding hydrogens is 317 g/mol. The van der Waals surface area contributed by atoms with Gasteiger partial charge in [0.15, 0.2) is 0 Å². The summed E-state index contributed by atoms with van der Waals surface area (Å²) in [6.07, 6.45) is 6.91. The zero-order valence-corrected chi connectivity index (χ0v) is 13.5. The minimum atomic E-state index is -0.505. The summed E-state index contributed by atoms with van der Waals surface area (Å²) in [5.41, 5.74) is 3.00. The molecule has 0 amide bonds. The van der Waals surface area contributed by atoms with Crippen LogP contribution in [0.1, 0.15) is 23.6 Å². The van der Waals surface area contributed by atoms with Crippen LogP contribution in [0.15, 0.2) is 29.7 Å². The van der Waals surface area contributed by atoms with Crippen molar-refractivity contribution in [2.75, 3.05) is 0 Å². The fourth-order valence-electron chi connectivity index (χ4n) is 2.60. The zero-order chi connectivity index (χ0) is 16.6. The topological polar surface area (TPSA) is 58.9 Å². The van der Waals surface area contributed by atoms with Gasteiger partial charge in [-0.1, -0.05) is 17.7 Å². The van der Waals surface area contributed by atoms with E-state index in [1.165, 1.54) is 0 Å². The molecule has 1 aromatic carbocycles. The molecule has 0 saturated heterocycles. The first-order chi connectivity index (χ1) is 11.1. The molecule has 2 heterocycles. The molecule has 0 atom stereocenters. The Bertz CT molecular complexity index is 922. The summed E-state index contributed by atoms with van der Waals surface area (Å²) in [6, 6.07) is 0. The van der Waals surface area contributed by atoms with E-state index in [0.29, 0.717) is 27.7 Å². The summed E-state index contributed by atoms with van der Waals surface area (Å²) < 4.78 is 16.5. The van der Waals surface area contributed by atoms with Crippen molar-refractivity contribution in [3.05, 3.63) is 52.2 Å². The summed E-state index contributed by atoms with van der Waals surface area (Å²) >= 11 is 6.28. The first-order valence-corrected chi connectivity index (χ1v) is 7.40. The van der Waals surface area contributed by atoms with Crippen LogP contribution in [-0.4, -0.2) is 26.7 Å². The van der Waals surface area contributed by atoms with E-state index in [2.05, 4.69) is 27.0 Å². The van der Waals surface area contributed by atoms with Gasteiger partial charge in [0.05, 0.1) is 35.2 Å². The number of nitrogens with zero attached hydrogens (tertiary/aromatic N) is 4. The van der Waals surface area contributed by atoms with E-state index in [-0.39, 0.29) is 11.6 Å². The van der Waals surface area contributed by atoms with Crippen molar-refractivity contribution in [1.29, 1.82) is 0 Å². The number of fused-ring (bicyclic) bond motifs is 1. The number of aromatic amines is 1. The van der Waals surface area contributed by atoms with Crippen molar-refractivity contribution in [3.63, 3.8) is 0 Å². The molecule has 2 aromatic heterocycles. The van der Waals surface area contributed by atoms with Crippen LogP contribution in [0.4, 0.5) is 4.39 Å². The van der Waals surface area contributed by atoms with E-state index in [4.69, 9.17) is 11.6 Å². The highest BCUT2D eigenvalue weighted by Gasteiger charge is 2.22. The van der Waals surface area contributed by atoms with Gasteiger partial charge in [-0.05, 0) is 26.1 Å². The Morgan fingerprint density at radius 2 is 2.30 bits per heavy atom. The predicted molar refractivity (Wildman–Crippen MR) is 90.3 cm³/mol. The van der Waals surface area contributed by atoms with Crippen molar-refractivity contribution in [3.8, 4) is 0 Å². The number of rotatable bonds is 4. The first-order valence-electron chi connectivity index (χ1n) is 7.02. The Morgan fingerprint density at radius 1 is 1.52 bits per heavy atom. The highest BCUT2D eigenvalue weighted by atomic mass is 35.5. The number of allylic oxidation sites excluding steroid dienone is 1. The maximum absolute atomic E-state index is 14.9. The number of aryl methyl sites for hydroxylation is 1. The highest BCUT2D eigenvalue weighted by molar-refractivity contribution is 6.34. The van der Waals surface area contributed by atoms with Crippen LogP contribution in [-0.2, 0) is 6.54 Å². The summed E-state index contributed by atoms with van der Waals surface area (Å²) in [7, 11) is 0. The molecule has 0 aliphatic heterocycles. The van der Waals surface area contributed by atoms with E-state index < -0.39 is 5.82 Å². The van der Waals surface area contributed by atoms with Gasteiger partial charge in [0, 0.05) is 22.7 Å². The van der Waals surface area contributed by atoms with Crippen LogP contribution in [0.5, 0.6) is 0 Å².